The van der Waals surface area contributed by atoms with E-state index in [1.807, 2.05) is 112 Å². The highest BCUT2D eigenvalue weighted by molar-refractivity contribution is 8.00. The zero-order valence-electron chi connectivity index (χ0n) is 55.6. The van der Waals surface area contributed by atoms with Gasteiger partial charge in [-0.3, -0.25) is 14.4 Å². The second-order valence-corrected chi connectivity index (χ2v) is 31.7. The van der Waals surface area contributed by atoms with E-state index in [0.29, 0.717) is 85.5 Å². The average molecular weight is 1400 g/mol. The van der Waals surface area contributed by atoms with E-state index in [-0.39, 0.29) is 34.0 Å². The Labute approximate surface area is 595 Å². The van der Waals surface area contributed by atoms with Crippen molar-refractivity contribution in [2.75, 3.05) is 86.5 Å². The number of carbonyl (C=O) groups excluding carboxylic acids is 3. The summed E-state index contributed by atoms with van der Waals surface area (Å²) in [6, 6.07) is 54.6. The number of likely N-dealkylation sites (tertiary alicyclic amines) is 3. The van der Waals surface area contributed by atoms with Gasteiger partial charge in [0.2, 0.25) is 0 Å². The molecule has 13 nitrogen and oxygen atoms in total. The molecule has 6 aliphatic heterocycles. The summed E-state index contributed by atoms with van der Waals surface area (Å²) in [5, 5.41) is 4.49. The fraction of sp³-hybridized carbons (Fsp3) is 0.312. The van der Waals surface area contributed by atoms with E-state index in [1.165, 1.54) is 33.6 Å². The first-order chi connectivity index (χ1) is 47.4. The molecule has 16 rings (SSSR count). The van der Waals surface area contributed by atoms with E-state index < -0.39 is 0 Å². The van der Waals surface area contributed by atoms with Gasteiger partial charge in [-0.2, -0.15) is 0 Å². The first kappa shape index (κ1) is 67.1. The molecule has 3 spiro atoms. The molecule has 3 saturated heterocycles. The lowest BCUT2D eigenvalue weighted by Crippen LogP contribution is -2.46. The third kappa shape index (κ3) is 13.5. The van der Waals surface area contributed by atoms with Crippen LogP contribution in [-0.4, -0.2) is 123 Å². The van der Waals surface area contributed by atoms with Gasteiger partial charge in [0.15, 0.2) is 11.5 Å². The number of nitrogens with zero attached hydrogens (tertiary/aromatic N) is 4. The molecule has 98 heavy (non-hydrogen) atoms. The van der Waals surface area contributed by atoms with Crippen molar-refractivity contribution in [3.05, 3.63) is 234 Å². The number of benzene rings is 7. The van der Waals surface area contributed by atoms with Crippen molar-refractivity contribution in [1.82, 2.24) is 14.7 Å². The molecule has 3 amide bonds. The highest BCUT2D eigenvalue weighted by atomic mass is 35.5. The minimum absolute atomic E-state index is 0.0114. The van der Waals surface area contributed by atoms with E-state index in [9.17, 15) is 14.4 Å². The molecule has 3 aromatic heterocycles. The standard InChI is InChI=1S/C29H31N2O3.C26H23ClN2O2S.C25H25ClN2O2S2/c1-31(2,3)20-23-10-13-26-25(19-23)29(21-33-26)15-17-30(18-16-29)28(32)27-14-12-24(34-27)11-9-22-7-5-4-6-8-22;27-23-22-18-4-2-1-3-17(18)6-8-21(22)32-24(23)25(30)29-11-9-26(10-12-29)15-31-20-7-5-16(14-28)13-19(20)26;1-31-22-13-19(17-3-5-18(26)6-4-17)23(32-22)24(29)28-10-8-25(9-11-28)15-30-21-7-2-16(14-27)12-20(21)25/h4-8,10,12-14,19H,15-18,20-21H2,1-3H3;1-8,13H,9-12,14-15,28H2;2-7,12-13H,8-11,14-15,27H2,1H3/q+1;;. The Balaban J connectivity index is 0.000000126. The van der Waals surface area contributed by atoms with Crippen molar-refractivity contribution < 1.29 is 37.5 Å². The van der Waals surface area contributed by atoms with Crippen molar-refractivity contribution in [1.29, 1.82) is 0 Å². The number of fused-ring (bicyclic) bond motifs is 9. The van der Waals surface area contributed by atoms with Gasteiger partial charge in [-0.25, -0.2) is 0 Å². The van der Waals surface area contributed by atoms with Gasteiger partial charge < -0.3 is 49.3 Å². The number of nitrogens with two attached hydrogens (primary N) is 2. The summed E-state index contributed by atoms with van der Waals surface area (Å²) in [5.41, 5.74) is 22.0. The lowest BCUT2D eigenvalue weighted by molar-refractivity contribution is -0.884. The molecular weight excluding hydrogens is 1320 g/mol. The van der Waals surface area contributed by atoms with Gasteiger partial charge >= 0.3 is 0 Å². The zero-order chi connectivity index (χ0) is 67.9. The van der Waals surface area contributed by atoms with Crippen LogP contribution in [-0.2, 0) is 35.9 Å². The van der Waals surface area contributed by atoms with Crippen LogP contribution in [0.5, 0.6) is 17.2 Å². The van der Waals surface area contributed by atoms with Crippen molar-refractivity contribution in [2.45, 2.75) is 78.6 Å². The number of amides is 3. The Kier molecular flexibility index (Phi) is 19.1. The Morgan fingerprint density at radius 1 is 0.551 bits per heavy atom. The summed E-state index contributed by atoms with van der Waals surface area (Å²) < 4.78 is 27.0. The number of halogens is 2. The van der Waals surface area contributed by atoms with Crippen molar-refractivity contribution in [3.63, 3.8) is 0 Å². The topological polar surface area (TPSA) is 154 Å². The third-order valence-electron chi connectivity index (χ3n) is 20.4. The molecule has 4 N–H and O–H groups in total. The van der Waals surface area contributed by atoms with Crippen LogP contribution in [0.3, 0.4) is 0 Å². The second-order valence-electron chi connectivity index (χ2n) is 27.6. The van der Waals surface area contributed by atoms with Gasteiger partial charge in [-0.15, -0.1) is 34.4 Å². The number of carbonyl (C=O) groups is 3. The van der Waals surface area contributed by atoms with Crippen molar-refractivity contribution in [3.8, 4) is 40.2 Å². The molecule has 9 heterocycles. The summed E-state index contributed by atoms with van der Waals surface area (Å²) in [5.74, 6) is 9.93. The number of hydrogen-bond acceptors (Lipinski definition) is 12. The molecule has 0 bridgehead atoms. The highest BCUT2D eigenvalue weighted by Crippen LogP contribution is 2.50. The largest absolute Gasteiger partial charge is 0.492 e. The molecular formula is C80H79Cl2N6O7S3+. The highest BCUT2D eigenvalue weighted by Gasteiger charge is 2.47. The van der Waals surface area contributed by atoms with Crippen LogP contribution in [0.2, 0.25) is 10.0 Å². The summed E-state index contributed by atoms with van der Waals surface area (Å²) >= 11 is 17.6. The molecule has 18 heteroatoms. The number of rotatable bonds is 9. The SMILES string of the molecule is CSc1cc(-c2ccc(Cl)cc2)c(C(=O)N2CCC3(CC2)COc2ccc(CN)cc23)s1.C[N+](C)(C)Cc1ccc2c(c1)C1(CCN(C(=O)c3ccc(C#Cc4ccccc4)o3)CC1)CO2.NCc1ccc2c(c1)C1(CCN(C(=O)c3sc4ccc5ccccc5c4c3Cl)CC1)CO2. The predicted molar refractivity (Wildman–Crippen MR) is 396 cm³/mol. The summed E-state index contributed by atoms with van der Waals surface area (Å²) in [6.45, 7) is 8.28. The Morgan fingerprint density at radius 3 is 1.60 bits per heavy atom. The number of thiophene rings is 2. The fourth-order valence-corrected chi connectivity index (χ4v) is 18.2. The molecule has 10 aromatic rings. The lowest BCUT2D eigenvalue weighted by Gasteiger charge is -2.38. The average Bonchev–Trinajstić information content (AvgIpc) is 1.59. The molecule has 7 aromatic carbocycles. The molecule has 3 fully saturated rings. The number of ether oxygens (including phenoxy) is 3. The Morgan fingerprint density at radius 2 is 1.06 bits per heavy atom. The van der Waals surface area contributed by atoms with Crippen LogP contribution in [0, 0.1) is 11.8 Å². The van der Waals surface area contributed by atoms with Crippen molar-refractivity contribution in [2.24, 2.45) is 11.5 Å². The number of quaternary nitrogens is 1. The van der Waals surface area contributed by atoms with Crippen LogP contribution in [0.15, 0.2) is 172 Å². The van der Waals surface area contributed by atoms with Crippen LogP contribution in [0.25, 0.3) is 32.0 Å². The lowest BCUT2D eigenvalue weighted by atomic mass is 9.74. The van der Waals surface area contributed by atoms with E-state index in [2.05, 4.69) is 93.6 Å². The quantitative estimate of drug-likeness (QED) is 0.0811. The number of hydrogen-bond donors (Lipinski definition) is 2. The summed E-state index contributed by atoms with van der Waals surface area (Å²) in [7, 11) is 6.62. The number of piperidine rings is 3. The van der Waals surface area contributed by atoms with Crippen LogP contribution < -0.4 is 25.7 Å². The van der Waals surface area contributed by atoms with E-state index in [4.69, 9.17) is 53.3 Å². The minimum atomic E-state index is -0.0690. The Bertz CT molecular complexity index is 4720. The molecule has 0 aliphatic carbocycles. The van der Waals surface area contributed by atoms with E-state index in [1.54, 1.807) is 35.2 Å². The molecule has 502 valence electrons. The maximum Gasteiger partial charge on any atom is 0.289 e. The Hall–Kier alpha value is -8.08. The smallest absolute Gasteiger partial charge is 0.289 e. The number of furan rings is 1. The molecule has 6 aliphatic rings. The van der Waals surface area contributed by atoms with E-state index in [0.717, 1.165) is 138 Å². The van der Waals surface area contributed by atoms with Gasteiger partial charge in [0.1, 0.15) is 33.5 Å². The van der Waals surface area contributed by atoms with Gasteiger partial charge in [0.05, 0.1) is 50.2 Å². The third-order valence-corrected chi connectivity index (χ3v) is 24.5. The first-order valence-electron chi connectivity index (χ1n) is 33.5. The van der Waals surface area contributed by atoms with E-state index >= 15 is 0 Å². The number of thioether (sulfide) groups is 1. The van der Waals surface area contributed by atoms with Crippen LogP contribution in [0.1, 0.15) is 113 Å². The molecule has 0 unspecified atom stereocenters. The molecule has 0 atom stereocenters. The normalized spacial score (nSPS) is 16.8. The summed E-state index contributed by atoms with van der Waals surface area (Å²) in [4.78, 5) is 47.5. The molecule has 0 saturated carbocycles. The van der Waals surface area contributed by atoms with Gasteiger partial charge in [0.25, 0.3) is 17.7 Å². The fourth-order valence-electron chi connectivity index (χ4n) is 14.8. The summed E-state index contributed by atoms with van der Waals surface area (Å²) in [6.07, 6.45) is 7.38. The minimum Gasteiger partial charge on any atom is -0.492 e. The van der Waals surface area contributed by atoms with Gasteiger partial charge in [-0.1, -0.05) is 114 Å². The van der Waals surface area contributed by atoms with Gasteiger partial charge in [0, 0.05) is 117 Å². The zero-order valence-corrected chi connectivity index (χ0v) is 59.6. The molecule has 0 radical (unpaired) electrons. The van der Waals surface area contributed by atoms with Crippen molar-refractivity contribution >= 4 is 96.2 Å². The van der Waals surface area contributed by atoms with Crippen LogP contribution >= 0.6 is 57.6 Å². The predicted octanol–water partition coefficient (Wildman–Crippen LogP) is 16.0. The first-order valence-corrected chi connectivity index (χ1v) is 37.1. The van der Waals surface area contributed by atoms with Gasteiger partial charge in [-0.05, 0) is 157 Å². The van der Waals surface area contributed by atoms with Crippen LogP contribution in [0.4, 0.5) is 0 Å². The maximum atomic E-state index is 13.6. The maximum absolute atomic E-state index is 13.6. The monoisotopic (exact) mass is 1400 g/mol. The second kappa shape index (κ2) is 27.9.